The smallest absolute Gasteiger partial charge is 0.227 e. The second kappa shape index (κ2) is 8.72. The molecular weight excluding hydrogens is 328 g/mol. The summed E-state index contributed by atoms with van der Waals surface area (Å²) in [5, 5.41) is 6.37. The van der Waals surface area contributed by atoms with Crippen LogP contribution in [0.2, 0.25) is 0 Å². The number of hydrogen-bond donors (Lipinski definition) is 2. The van der Waals surface area contributed by atoms with E-state index in [9.17, 15) is 4.79 Å². The molecule has 26 heavy (non-hydrogen) atoms. The van der Waals surface area contributed by atoms with Crippen LogP contribution in [0.4, 0.5) is 5.69 Å². The van der Waals surface area contributed by atoms with Crippen molar-refractivity contribution < 1.29 is 14.3 Å². The molecule has 0 bridgehead atoms. The fourth-order valence-electron chi connectivity index (χ4n) is 3.13. The highest BCUT2D eigenvalue weighted by molar-refractivity contribution is 5.92. The fourth-order valence-corrected chi connectivity index (χ4v) is 3.13. The summed E-state index contributed by atoms with van der Waals surface area (Å²) in [6.45, 7) is 5.61. The lowest BCUT2D eigenvalue weighted by Crippen LogP contribution is -2.40. The minimum atomic E-state index is 0.0750. The van der Waals surface area contributed by atoms with Crippen molar-refractivity contribution in [3.8, 4) is 17.2 Å². The van der Waals surface area contributed by atoms with E-state index in [4.69, 9.17) is 9.47 Å². The van der Waals surface area contributed by atoms with E-state index in [1.165, 1.54) is 0 Å². The molecule has 0 aromatic heterocycles. The standard InChI is InChI=1S/C21H26N2O3/c1-3-25-18-8-10-20(11-9-18)26-19-6-4-17(5-7-19)23-21(24)16-12-13-22-15(2)14-16/h4-11,15-16,22H,3,12-14H2,1-2H3,(H,23,24)/t15-,16-/m0/s1. The Labute approximate surface area is 154 Å². The van der Waals surface area contributed by atoms with Crippen molar-refractivity contribution in [3.63, 3.8) is 0 Å². The normalized spacial score (nSPS) is 19.6. The highest BCUT2D eigenvalue weighted by Crippen LogP contribution is 2.26. The van der Waals surface area contributed by atoms with Crippen LogP contribution in [-0.2, 0) is 4.79 Å². The summed E-state index contributed by atoms with van der Waals surface area (Å²) in [4.78, 5) is 12.4. The van der Waals surface area contributed by atoms with Crippen LogP contribution in [0, 0.1) is 5.92 Å². The summed E-state index contributed by atoms with van der Waals surface area (Å²) in [5.41, 5.74) is 0.792. The molecule has 0 saturated carbocycles. The van der Waals surface area contributed by atoms with E-state index in [-0.39, 0.29) is 11.8 Å². The van der Waals surface area contributed by atoms with Gasteiger partial charge in [0.2, 0.25) is 5.91 Å². The van der Waals surface area contributed by atoms with E-state index in [0.717, 1.165) is 42.3 Å². The van der Waals surface area contributed by atoms with E-state index in [1.807, 2.05) is 55.5 Å². The lowest BCUT2D eigenvalue weighted by atomic mass is 9.92. The Hall–Kier alpha value is -2.53. The number of amides is 1. The van der Waals surface area contributed by atoms with E-state index >= 15 is 0 Å². The van der Waals surface area contributed by atoms with Gasteiger partial charge in [0.15, 0.2) is 0 Å². The van der Waals surface area contributed by atoms with Gasteiger partial charge in [-0.15, -0.1) is 0 Å². The zero-order chi connectivity index (χ0) is 18.4. The number of anilines is 1. The van der Waals surface area contributed by atoms with Gasteiger partial charge in [0.05, 0.1) is 6.61 Å². The Bertz CT molecular complexity index is 713. The van der Waals surface area contributed by atoms with Gasteiger partial charge in [-0.3, -0.25) is 4.79 Å². The first kappa shape index (κ1) is 18.3. The van der Waals surface area contributed by atoms with E-state index < -0.39 is 0 Å². The summed E-state index contributed by atoms with van der Waals surface area (Å²) in [6.07, 6.45) is 1.76. The van der Waals surface area contributed by atoms with Gasteiger partial charge in [-0.25, -0.2) is 0 Å². The van der Waals surface area contributed by atoms with Crippen molar-refractivity contribution in [3.05, 3.63) is 48.5 Å². The van der Waals surface area contributed by atoms with E-state index in [1.54, 1.807) is 0 Å². The lowest BCUT2D eigenvalue weighted by molar-refractivity contribution is -0.120. The largest absolute Gasteiger partial charge is 0.494 e. The predicted molar refractivity (Wildman–Crippen MR) is 103 cm³/mol. The molecule has 138 valence electrons. The van der Waals surface area contributed by atoms with E-state index in [0.29, 0.717) is 12.6 Å². The minimum absolute atomic E-state index is 0.0750. The summed E-state index contributed by atoms with van der Waals surface area (Å²) in [5.74, 6) is 2.46. The van der Waals surface area contributed by atoms with E-state index in [2.05, 4.69) is 17.6 Å². The molecule has 1 aliphatic rings. The van der Waals surface area contributed by atoms with Crippen LogP contribution in [0.3, 0.4) is 0 Å². The van der Waals surface area contributed by atoms with Gasteiger partial charge in [0.25, 0.3) is 0 Å². The first-order valence-electron chi connectivity index (χ1n) is 9.19. The molecule has 3 rings (SSSR count). The van der Waals surface area contributed by atoms with Crippen LogP contribution in [0.15, 0.2) is 48.5 Å². The maximum atomic E-state index is 12.4. The third-order valence-electron chi connectivity index (χ3n) is 4.49. The Morgan fingerprint density at radius 1 is 1.08 bits per heavy atom. The van der Waals surface area contributed by atoms with Gasteiger partial charge in [-0.2, -0.15) is 0 Å². The number of ether oxygens (including phenoxy) is 2. The second-order valence-corrected chi connectivity index (χ2v) is 6.60. The summed E-state index contributed by atoms with van der Waals surface area (Å²) in [7, 11) is 0. The quantitative estimate of drug-likeness (QED) is 0.816. The van der Waals surface area contributed by atoms with Crippen molar-refractivity contribution in [2.24, 2.45) is 5.92 Å². The molecule has 2 aromatic rings. The average Bonchev–Trinajstić information content (AvgIpc) is 2.65. The van der Waals surface area contributed by atoms with Crippen molar-refractivity contribution in [2.75, 3.05) is 18.5 Å². The Balaban J connectivity index is 1.55. The molecule has 0 aliphatic carbocycles. The molecule has 0 unspecified atom stereocenters. The van der Waals surface area contributed by atoms with Crippen molar-refractivity contribution >= 4 is 11.6 Å². The Kier molecular flexibility index (Phi) is 6.12. The fraction of sp³-hybridized carbons (Fsp3) is 0.381. The number of nitrogens with one attached hydrogen (secondary N) is 2. The molecule has 1 heterocycles. The van der Waals surface area contributed by atoms with Gasteiger partial charge in [-0.05, 0) is 81.8 Å². The Morgan fingerprint density at radius 3 is 2.31 bits per heavy atom. The highest BCUT2D eigenvalue weighted by Gasteiger charge is 2.24. The molecule has 0 radical (unpaired) electrons. The molecule has 0 spiro atoms. The topological polar surface area (TPSA) is 59.6 Å². The van der Waals surface area contributed by atoms with Crippen LogP contribution in [0.25, 0.3) is 0 Å². The summed E-state index contributed by atoms with van der Waals surface area (Å²) >= 11 is 0. The Morgan fingerprint density at radius 2 is 1.69 bits per heavy atom. The molecule has 1 fully saturated rings. The van der Waals surface area contributed by atoms with Crippen LogP contribution in [-0.4, -0.2) is 25.1 Å². The molecule has 1 amide bonds. The van der Waals surface area contributed by atoms with Crippen LogP contribution in [0.5, 0.6) is 17.2 Å². The van der Waals surface area contributed by atoms with Crippen LogP contribution < -0.4 is 20.1 Å². The number of rotatable bonds is 6. The molecular formula is C21H26N2O3. The second-order valence-electron chi connectivity index (χ2n) is 6.60. The molecule has 5 heteroatoms. The summed E-state index contributed by atoms with van der Waals surface area (Å²) in [6, 6.07) is 15.4. The SMILES string of the molecule is CCOc1ccc(Oc2ccc(NC(=O)[C@H]3CCN[C@@H](C)C3)cc2)cc1. The predicted octanol–water partition coefficient (Wildman–Crippen LogP) is 4.20. The first-order chi connectivity index (χ1) is 12.6. The molecule has 2 aromatic carbocycles. The van der Waals surface area contributed by atoms with Crippen LogP contribution in [0.1, 0.15) is 26.7 Å². The van der Waals surface area contributed by atoms with Crippen molar-refractivity contribution in [1.29, 1.82) is 0 Å². The number of carbonyl (C=O) groups excluding carboxylic acids is 1. The number of benzene rings is 2. The monoisotopic (exact) mass is 354 g/mol. The molecule has 2 atom stereocenters. The average molecular weight is 354 g/mol. The van der Waals surface area contributed by atoms with Gasteiger partial charge in [-0.1, -0.05) is 0 Å². The van der Waals surface area contributed by atoms with Gasteiger partial charge >= 0.3 is 0 Å². The van der Waals surface area contributed by atoms with Gasteiger partial charge in [0, 0.05) is 17.6 Å². The van der Waals surface area contributed by atoms with Crippen molar-refractivity contribution in [2.45, 2.75) is 32.7 Å². The first-order valence-corrected chi connectivity index (χ1v) is 9.19. The molecule has 2 N–H and O–H groups in total. The van der Waals surface area contributed by atoms with Crippen molar-refractivity contribution in [1.82, 2.24) is 5.32 Å². The number of hydrogen-bond acceptors (Lipinski definition) is 4. The maximum Gasteiger partial charge on any atom is 0.227 e. The minimum Gasteiger partial charge on any atom is -0.494 e. The molecule has 1 saturated heterocycles. The maximum absolute atomic E-state index is 12.4. The molecule has 5 nitrogen and oxygen atoms in total. The van der Waals surface area contributed by atoms with Gasteiger partial charge in [0.1, 0.15) is 17.2 Å². The third kappa shape index (κ3) is 4.99. The van der Waals surface area contributed by atoms with Crippen LogP contribution >= 0.6 is 0 Å². The number of carbonyl (C=O) groups is 1. The van der Waals surface area contributed by atoms with Gasteiger partial charge < -0.3 is 20.1 Å². The zero-order valence-corrected chi connectivity index (χ0v) is 15.3. The lowest BCUT2D eigenvalue weighted by Gasteiger charge is -2.27. The highest BCUT2D eigenvalue weighted by atomic mass is 16.5. The number of piperidine rings is 1. The zero-order valence-electron chi connectivity index (χ0n) is 15.3. The molecule has 1 aliphatic heterocycles. The summed E-state index contributed by atoms with van der Waals surface area (Å²) < 4.78 is 11.2. The third-order valence-corrected chi connectivity index (χ3v) is 4.49.